The van der Waals surface area contributed by atoms with Crippen LogP contribution in [0.25, 0.3) is 0 Å². The third-order valence-corrected chi connectivity index (χ3v) is 6.46. The number of rotatable bonds is 1. The average Bonchev–Trinajstić information content (AvgIpc) is 2.04. The van der Waals surface area contributed by atoms with Crippen molar-refractivity contribution < 1.29 is 8.42 Å². The van der Waals surface area contributed by atoms with Gasteiger partial charge in [-0.3, -0.25) is 0 Å². The van der Waals surface area contributed by atoms with Gasteiger partial charge in [-0.2, -0.15) is 0 Å². The lowest BCUT2D eigenvalue weighted by Gasteiger charge is -2.11. The molecule has 14 heavy (non-hydrogen) atoms. The molecule has 1 heterocycles. The molecule has 0 aromatic carbocycles. The number of sulfone groups is 1. The molecule has 1 aromatic rings. The summed E-state index contributed by atoms with van der Waals surface area (Å²) in [5.41, 5.74) is 0. The van der Waals surface area contributed by atoms with Gasteiger partial charge in [0.1, 0.15) is 0 Å². The third kappa shape index (κ3) is 3.12. The molecule has 0 N–H and O–H groups in total. The zero-order valence-electron chi connectivity index (χ0n) is 6.12. The highest BCUT2D eigenvalue weighted by Gasteiger charge is 2.38. The van der Waals surface area contributed by atoms with Gasteiger partial charge in [0.2, 0.25) is 11.3 Å². The second kappa shape index (κ2) is 5.20. The fraction of sp³-hybridized carbons (Fsp3) is 0.167. The van der Waals surface area contributed by atoms with Gasteiger partial charge in [-0.25, -0.2) is 13.4 Å². The van der Waals surface area contributed by atoms with Crippen molar-refractivity contribution in [2.24, 2.45) is 0 Å². The Kier molecular flexibility index (Phi) is 5.48. The maximum absolute atomic E-state index is 11.7. The van der Waals surface area contributed by atoms with Gasteiger partial charge in [-0.05, 0) is 70.9 Å². The van der Waals surface area contributed by atoms with Crippen molar-refractivity contribution in [3.05, 3.63) is 24.4 Å². The van der Waals surface area contributed by atoms with E-state index in [-0.39, 0.29) is 16.0 Å². The topological polar surface area (TPSA) is 47.0 Å². The summed E-state index contributed by atoms with van der Waals surface area (Å²) in [4.78, 5) is 3.74. The van der Waals surface area contributed by atoms with Crippen molar-refractivity contribution in [3.63, 3.8) is 0 Å². The van der Waals surface area contributed by atoms with Gasteiger partial charge in [0.05, 0.1) is 0 Å². The molecule has 8 heteroatoms. The standard InChI is InChI=1S/C6H4Br3NO2S.H4Si/c7-6(8,9)13(11,12)5-3-1-2-4-10-5;/h1-4H;1H4. The Labute approximate surface area is 112 Å². The van der Waals surface area contributed by atoms with Gasteiger partial charge < -0.3 is 0 Å². The van der Waals surface area contributed by atoms with Gasteiger partial charge in [-0.1, -0.05) is 6.07 Å². The van der Waals surface area contributed by atoms with E-state index < -0.39 is 11.3 Å². The summed E-state index contributed by atoms with van der Waals surface area (Å²) < 4.78 is 21.9. The van der Waals surface area contributed by atoms with Crippen LogP contribution in [-0.2, 0) is 9.84 Å². The molecule has 1 aromatic heterocycles. The number of pyridine rings is 1. The quantitative estimate of drug-likeness (QED) is 0.501. The summed E-state index contributed by atoms with van der Waals surface area (Å²) in [7, 11) is -3.54. The summed E-state index contributed by atoms with van der Waals surface area (Å²) in [6.45, 7) is 0. The predicted octanol–water partition coefficient (Wildman–Crippen LogP) is 1.20. The van der Waals surface area contributed by atoms with Gasteiger partial charge >= 0.3 is 0 Å². The number of nitrogens with zero attached hydrogens (tertiary/aromatic N) is 1. The van der Waals surface area contributed by atoms with Crippen molar-refractivity contribution in [1.82, 2.24) is 4.98 Å². The maximum atomic E-state index is 11.7. The Bertz CT molecular complexity index is 389. The molecule has 0 radical (unpaired) electrons. The molecule has 0 spiro atoms. The molecule has 3 nitrogen and oxygen atoms in total. The van der Waals surface area contributed by atoms with E-state index >= 15 is 0 Å². The molecule has 0 fully saturated rings. The van der Waals surface area contributed by atoms with Crippen molar-refractivity contribution in [2.75, 3.05) is 0 Å². The van der Waals surface area contributed by atoms with Gasteiger partial charge in [-0.15, -0.1) is 0 Å². The van der Waals surface area contributed by atoms with E-state index in [1.54, 1.807) is 12.1 Å². The molecule has 0 bridgehead atoms. The van der Waals surface area contributed by atoms with Crippen molar-refractivity contribution in [1.29, 1.82) is 0 Å². The highest BCUT2D eigenvalue weighted by atomic mass is 80.0. The van der Waals surface area contributed by atoms with Gasteiger partial charge in [0.25, 0.3) is 0 Å². The van der Waals surface area contributed by atoms with E-state index in [4.69, 9.17) is 0 Å². The van der Waals surface area contributed by atoms with Crippen LogP contribution in [0.3, 0.4) is 0 Å². The lowest BCUT2D eigenvalue weighted by molar-refractivity contribution is 0.595. The van der Waals surface area contributed by atoms with E-state index in [0.717, 1.165) is 0 Å². The molecule has 80 valence electrons. The van der Waals surface area contributed by atoms with Crippen molar-refractivity contribution in [3.8, 4) is 0 Å². The second-order valence-corrected chi connectivity index (χ2v) is 12.5. The first-order chi connectivity index (χ1) is 5.86. The minimum absolute atomic E-state index is 0. The van der Waals surface area contributed by atoms with E-state index in [9.17, 15) is 8.42 Å². The van der Waals surface area contributed by atoms with Crippen LogP contribution in [0, 0.1) is 0 Å². The van der Waals surface area contributed by atoms with Crippen LogP contribution in [0.1, 0.15) is 0 Å². The molecule has 0 saturated heterocycles. The summed E-state index contributed by atoms with van der Waals surface area (Å²) >= 11 is 8.83. The highest BCUT2D eigenvalue weighted by molar-refractivity contribution is 9.42. The van der Waals surface area contributed by atoms with Gasteiger partial charge in [0, 0.05) is 6.20 Å². The number of hydrogen-bond acceptors (Lipinski definition) is 3. The normalized spacial score (nSPS) is 11.9. The van der Waals surface area contributed by atoms with Crippen LogP contribution in [0.2, 0.25) is 0 Å². The van der Waals surface area contributed by atoms with Crippen LogP contribution in [0.5, 0.6) is 0 Å². The van der Waals surface area contributed by atoms with Crippen LogP contribution >= 0.6 is 47.8 Å². The van der Waals surface area contributed by atoms with E-state index in [1.807, 2.05) is 0 Å². The second-order valence-electron chi connectivity index (χ2n) is 2.12. The van der Waals surface area contributed by atoms with Crippen molar-refractivity contribution in [2.45, 2.75) is 6.50 Å². The van der Waals surface area contributed by atoms with Crippen LogP contribution in [0.4, 0.5) is 0 Å². The smallest absolute Gasteiger partial charge is 0.240 e. The minimum Gasteiger partial charge on any atom is -0.245 e. The lowest BCUT2D eigenvalue weighted by Crippen LogP contribution is -2.18. The Morgan fingerprint density at radius 3 is 2.14 bits per heavy atom. The molecule has 0 amide bonds. The number of alkyl halides is 3. The minimum atomic E-state index is -3.54. The zero-order chi connectivity index (χ0) is 10.1. The lowest BCUT2D eigenvalue weighted by atomic mass is 10.5. The van der Waals surface area contributed by atoms with Crippen molar-refractivity contribution >= 4 is 68.6 Å². The monoisotopic (exact) mass is 423 g/mol. The molecule has 0 saturated carbocycles. The SMILES string of the molecule is O=S(=O)(c1ccccn1)C(Br)(Br)Br.[SiH4]. The summed E-state index contributed by atoms with van der Waals surface area (Å²) in [6, 6.07) is 4.68. The van der Waals surface area contributed by atoms with E-state index in [2.05, 4.69) is 52.8 Å². The molecule has 0 unspecified atom stereocenters. The van der Waals surface area contributed by atoms with Crippen LogP contribution in [-0.4, -0.2) is 25.8 Å². The molecule has 0 aliphatic rings. The molecular formula is C6H8Br3NO2SSi. The van der Waals surface area contributed by atoms with E-state index in [0.29, 0.717) is 0 Å². The fourth-order valence-electron chi connectivity index (χ4n) is 0.625. The molecular weight excluding hydrogens is 418 g/mol. The summed E-state index contributed by atoms with van der Waals surface area (Å²) in [5.74, 6) is 0. The largest absolute Gasteiger partial charge is 0.245 e. The Morgan fingerprint density at radius 2 is 1.79 bits per heavy atom. The van der Waals surface area contributed by atoms with Crippen LogP contribution in [0.15, 0.2) is 29.4 Å². The molecule has 0 atom stereocenters. The first-order valence-corrected chi connectivity index (χ1v) is 6.94. The first-order valence-electron chi connectivity index (χ1n) is 3.08. The van der Waals surface area contributed by atoms with E-state index in [1.165, 1.54) is 12.3 Å². The highest BCUT2D eigenvalue weighted by Crippen LogP contribution is 2.42. The Morgan fingerprint density at radius 1 is 1.21 bits per heavy atom. The zero-order valence-corrected chi connectivity index (χ0v) is 11.7. The predicted molar refractivity (Wildman–Crippen MR) is 72.3 cm³/mol. The summed E-state index contributed by atoms with van der Waals surface area (Å²) in [6.07, 6.45) is 1.42. The van der Waals surface area contributed by atoms with Crippen LogP contribution < -0.4 is 0 Å². The molecule has 0 aliphatic heterocycles. The van der Waals surface area contributed by atoms with Gasteiger partial charge in [0.15, 0.2) is 5.03 Å². The maximum Gasteiger partial charge on any atom is 0.240 e. The number of hydrogen-bond donors (Lipinski definition) is 0. The average molecular weight is 426 g/mol. The first kappa shape index (κ1) is 14.8. The fourth-order valence-corrected chi connectivity index (χ4v) is 2.81. The molecule has 1 rings (SSSR count). The third-order valence-electron chi connectivity index (χ3n) is 1.22. The Hall–Kier alpha value is 0.757. The Balaban J connectivity index is 0.00000169. The summed E-state index contributed by atoms with van der Waals surface area (Å²) in [5, 5.41) is 0.000579. The number of halogens is 3. The number of aromatic nitrogens is 1. The molecule has 0 aliphatic carbocycles.